The van der Waals surface area contributed by atoms with E-state index < -0.39 is 30.0 Å². The Kier molecular flexibility index (Phi) is 4.49. The van der Waals surface area contributed by atoms with Crippen LogP contribution in [0.1, 0.15) is 5.56 Å². The molecule has 0 spiro atoms. The van der Waals surface area contributed by atoms with Crippen LogP contribution in [-0.4, -0.2) is 34.7 Å². The molecule has 1 aromatic carbocycles. The van der Waals surface area contributed by atoms with Gasteiger partial charge < -0.3 is 9.64 Å². The molecule has 0 saturated carbocycles. The summed E-state index contributed by atoms with van der Waals surface area (Å²) in [5, 5.41) is 0. The topological polar surface area (TPSA) is 62.7 Å². The first-order valence-electron chi connectivity index (χ1n) is 7.31. The van der Waals surface area contributed by atoms with E-state index in [1.807, 2.05) is 0 Å². The number of carbonyl (C=O) groups is 2. The van der Waals surface area contributed by atoms with Gasteiger partial charge >= 0.3 is 12.4 Å². The van der Waals surface area contributed by atoms with Crippen LogP contribution in [0.15, 0.2) is 42.6 Å². The van der Waals surface area contributed by atoms with Gasteiger partial charge in [0.2, 0.25) is 5.95 Å². The molecule has 0 atom stereocenters. The SMILES string of the molecule is O=C1CN(Cc2ccnc(F)c2)C(=O)N1c1ccc(OC(F)(F)F)cc1. The van der Waals surface area contributed by atoms with Crippen LogP contribution in [0.3, 0.4) is 0 Å². The molecule has 1 aliphatic rings. The zero-order chi connectivity index (χ0) is 18.9. The molecule has 1 fully saturated rings. The quantitative estimate of drug-likeness (QED) is 0.472. The summed E-state index contributed by atoms with van der Waals surface area (Å²) in [6, 6.07) is 6.35. The fourth-order valence-electron chi connectivity index (χ4n) is 2.49. The fraction of sp³-hybridized carbons (Fsp3) is 0.188. The molecule has 1 aliphatic heterocycles. The van der Waals surface area contributed by atoms with Crippen molar-refractivity contribution in [3.63, 3.8) is 0 Å². The Balaban J connectivity index is 1.74. The number of imide groups is 1. The Morgan fingerprint density at radius 3 is 2.42 bits per heavy atom. The van der Waals surface area contributed by atoms with Gasteiger partial charge in [-0.05, 0) is 42.0 Å². The second kappa shape index (κ2) is 6.62. The average Bonchev–Trinajstić information content (AvgIpc) is 2.81. The van der Waals surface area contributed by atoms with Gasteiger partial charge in [0.1, 0.15) is 12.3 Å². The fourth-order valence-corrected chi connectivity index (χ4v) is 2.49. The molecule has 0 unspecified atom stereocenters. The summed E-state index contributed by atoms with van der Waals surface area (Å²) in [5.74, 6) is -1.73. The number of alkyl halides is 3. The molecule has 0 bridgehead atoms. The molecule has 2 heterocycles. The first-order chi connectivity index (χ1) is 12.2. The van der Waals surface area contributed by atoms with Crippen molar-refractivity contribution in [2.45, 2.75) is 12.9 Å². The van der Waals surface area contributed by atoms with Crippen molar-refractivity contribution < 1.29 is 31.9 Å². The maximum atomic E-state index is 13.1. The largest absolute Gasteiger partial charge is 0.573 e. The van der Waals surface area contributed by atoms with E-state index in [4.69, 9.17) is 0 Å². The number of aromatic nitrogens is 1. The van der Waals surface area contributed by atoms with E-state index in [2.05, 4.69) is 9.72 Å². The number of carbonyl (C=O) groups excluding carboxylic acids is 2. The predicted molar refractivity (Wildman–Crippen MR) is 80.6 cm³/mol. The van der Waals surface area contributed by atoms with Gasteiger partial charge in [-0.2, -0.15) is 4.39 Å². The molecule has 26 heavy (non-hydrogen) atoms. The van der Waals surface area contributed by atoms with Gasteiger partial charge in [-0.3, -0.25) is 4.79 Å². The number of hydrogen-bond acceptors (Lipinski definition) is 4. The van der Waals surface area contributed by atoms with Crippen LogP contribution in [0, 0.1) is 5.95 Å². The van der Waals surface area contributed by atoms with Crippen LogP contribution < -0.4 is 9.64 Å². The van der Waals surface area contributed by atoms with E-state index in [9.17, 15) is 27.2 Å². The molecular weight excluding hydrogens is 358 g/mol. The van der Waals surface area contributed by atoms with Gasteiger partial charge in [-0.1, -0.05) is 0 Å². The first kappa shape index (κ1) is 17.6. The van der Waals surface area contributed by atoms with Gasteiger partial charge in [0.25, 0.3) is 5.91 Å². The van der Waals surface area contributed by atoms with Crippen LogP contribution >= 0.6 is 0 Å². The number of nitrogens with zero attached hydrogens (tertiary/aromatic N) is 3. The lowest BCUT2D eigenvalue weighted by Crippen LogP contribution is -2.32. The monoisotopic (exact) mass is 369 g/mol. The van der Waals surface area contributed by atoms with Crippen LogP contribution in [0.5, 0.6) is 5.75 Å². The highest BCUT2D eigenvalue weighted by atomic mass is 19.4. The number of ether oxygens (including phenoxy) is 1. The molecule has 3 amide bonds. The zero-order valence-electron chi connectivity index (χ0n) is 13.0. The zero-order valence-corrected chi connectivity index (χ0v) is 13.0. The number of amides is 3. The smallest absolute Gasteiger partial charge is 0.406 e. The van der Waals surface area contributed by atoms with Crippen LogP contribution in [0.25, 0.3) is 0 Å². The van der Waals surface area contributed by atoms with E-state index in [-0.39, 0.29) is 18.8 Å². The van der Waals surface area contributed by atoms with Gasteiger partial charge in [-0.25, -0.2) is 14.7 Å². The number of halogens is 4. The molecule has 10 heteroatoms. The second-order valence-electron chi connectivity index (χ2n) is 5.40. The average molecular weight is 369 g/mol. The van der Waals surface area contributed by atoms with Crippen molar-refractivity contribution in [2.75, 3.05) is 11.4 Å². The third-order valence-electron chi connectivity index (χ3n) is 3.53. The lowest BCUT2D eigenvalue weighted by atomic mass is 10.2. The van der Waals surface area contributed by atoms with Gasteiger partial charge in [0.05, 0.1) is 5.69 Å². The predicted octanol–water partition coefficient (Wildman–Crippen LogP) is 3.09. The summed E-state index contributed by atoms with van der Waals surface area (Å²) in [6.45, 7) is -0.237. The van der Waals surface area contributed by atoms with Crippen LogP contribution in [0.4, 0.5) is 28.0 Å². The Hall–Kier alpha value is -3.17. The highest BCUT2D eigenvalue weighted by Crippen LogP contribution is 2.28. The summed E-state index contributed by atoms with van der Waals surface area (Å²) in [4.78, 5) is 30.0. The minimum Gasteiger partial charge on any atom is -0.406 e. The Morgan fingerprint density at radius 2 is 1.81 bits per heavy atom. The maximum Gasteiger partial charge on any atom is 0.573 e. The number of anilines is 1. The lowest BCUT2D eigenvalue weighted by molar-refractivity contribution is -0.274. The normalized spacial score (nSPS) is 14.9. The molecule has 1 saturated heterocycles. The Morgan fingerprint density at radius 1 is 1.12 bits per heavy atom. The van der Waals surface area contributed by atoms with Crippen molar-refractivity contribution in [3.05, 3.63) is 54.1 Å². The third kappa shape index (κ3) is 3.90. The van der Waals surface area contributed by atoms with Crippen LogP contribution in [0.2, 0.25) is 0 Å². The minimum absolute atomic E-state index is 0.00418. The summed E-state index contributed by atoms with van der Waals surface area (Å²) < 4.78 is 53.4. The second-order valence-corrected chi connectivity index (χ2v) is 5.40. The number of rotatable bonds is 4. The molecule has 2 aromatic rings. The molecule has 0 N–H and O–H groups in total. The van der Waals surface area contributed by atoms with E-state index in [0.717, 1.165) is 23.1 Å². The summed E-state index contributed by atoms with van der Waals surface area (Å²) in [7, 11) is 0. The Labute approximate surface area is 144 Å². The number of hydrogen-bond donors (Lipinski definition) is 0. The van der Waals surface area contributed by atoms with E-state index in [0.29, 0.717) is 5.56 Å². The molecule has 6 nitrogen and oxygen atoms in total. The van der Waals surface area contributed by atoms with Crippen molar-refractivity contribution >= 4 is 17.6 Å². The van der Waals surface area contributed by atoms with Crippen molar-refractivity contribution in [1.29, 1.82) is 0 Å². The number of urea groups is 1. The van der Waals surface area contributed by atoms with Gasteiger partial charge in [0, 0.05) is 12.7 Å². The molecular formula is C16H11F4N3O3. The van der Waals surface area contributed by atoms with E-state index in [1.165, 1.54) is 29.3 Å². The third-order valence-corrected chi connectivity index (χ3v) is 3.53. The van der Waals surface area contributed by atoms with Crippen molar-refractivity contribution in [1.82, 2.24) is 9.88 Å². The first-order valence-corrected chi connectivity index (χ1v) is 7.31. The Bertz CT molecular complexity index is 839. The molecule has 0 radical (unpaired) electrons. The summed E-state index contributed by atoms with van der Waals surface area (Å²) in [6.07, 6.45) is -3.60. The lowest BCUT2D eigenvalue weighted by Gasteiger charge is -2.17. The molecule has 1 aromatic heterocycles. The maximum absolute atomic E-state index is 13.1. The summed E-state index contributed by atoms with van der Waals surface area (Å²) in [5.41, 5.74) is 0.562. The van der Waals surface area contributed by atoms with Crippen LogP contribution in [-0.2, 0) is 11.3 Å². The molecule has 3 rings (SSSR count). The van der Waals surface area contributed by atoms with E-state index in [1.54, 1.807) is 0 Å². The van der Waals surface area contributed by atoms with Crippen molar-refractivity contribution in [3.8, 4) is 5.75 Å². The van der Waals surface area contributed by atoms with E-state index >= 15 is 0 Å². The highest BCUT2D eigenvalue weighted by molar-refractivity contribution is 6.19. The number of benzene rings is 1. The van der Waals surface area contributed by atoms with Crippen molar-refractivity contribution in [2.24, 2.45) is 0 Å². The standard InChI is InChI=1S/C16H11F4N3O3/c17-13-7-10(5-6-21-13)8-22-9-14(24)23(15(22)25)11-1-3-12(4-2-11)26-16(18,19)20/h1-7H,8-9H2. The number of pyridine rings is 1. The molecule has 136 valence electrons. The van der Waals surface area contributed by atoms with Gasteiger partial charge in [0.15, 0.2) is 0 Å². The minimum atomic E-state index is -4.84. The summed E-state index contributed by atoms with van der Waals surface area (Å²) >= 11 is 0. The highest BCUT2D eigenvalue weighted by Gasteiger charge is 2.37. The molecule has 0 aliphatic carbocycles. The van der Waals surface area contributed by atoms with Gasteiger partial charge in [-0.15, -0.1) is 13.2 Å².